The second-order valence-electron chi connectivity index (χ2n) is 12.0. The predicted molar refractivity (Wildman–Crippen MR) is 134 cm³/mol. The summed E-state index contributed by atoms with van der Waals surface area (Å²) >= 11 is -1.80. The molecule has 2 unspecified atom stereocenters. The third-order valence-electron chi connectivity index (χ3n) is 6.70. The zero-order valence-electron chi connectivity index (χ0n) is 20.3. The third-order valence-corrected chi connectivity index (χ3v) is 38.2. The maximum Gasteiger partial charge on any atom is -0.147 e. The van der Waals surface area contributed by atoms with Crippen molar-refractivity contribution < 1.29 is 15.4 Å². The SMILES string of the molecule is CC1=[C]([Hf]([CH3])([CH3])(=[GeH2])[C]2=C(C)C(C(C)(C)C)=CC2C)C(C)C=C1C(C)(C)C.Cl.Cl. The van der Waals surface area contributed by atoms with Gasteiger partial charge in [-0.1, -0.05) is 0 Å². The molecule has 0 spiro atoms. The van der Waals surface area contributed by atoms with Crippen LogP contribution in [0.2, 0.25) is 9.36 Å². The van der Waals surface area contributed by atoms with Gasteiger partial charge in [-0.15, -0.1) is 24.8 Å². The smallest absolute Gasteiger partial charge is 0.147 e. The van der Waals surface area contributed by atoms with Crippen LogP contribution in [0.25, 0.3) is 0 Å². The van der Waals surface area contributed by atoms with E-state index in [1.807, 2.05) is 6.66 Å². The minimum Gasteiger partial charge on any atom is -0.147 e. The maximum atomic E-state index is 2.75. The van der Waals surface area contributed by atoms with Gasteiger partial charge >= 0.3 is 170 Å². The fraction of sp³-hybridized carbons (Fsp3) is 0.667. The van der Waals surface area contributed by atoms with Gasteiger partial charge in [-0.05, 0) is 0 Å². The van der Waals surface area contributed by atoms with Gasteiger partial charge < -0.3 is 0 Å². The van der Waals surface area contributed by atoms with Crippen molar-refractivity contribution in [3.8, 4) is 0 Å². The van der Waals surface area contributed by atoms with Gasteiger partial charge in [-0.3, -0.25) is 0 Å². The summed E-state index contributed by atoms with van der Waals surface area (Å²) in [6.45, 7) is 24.1. The third kappa shape index (κ3) is 4.89. The van der Waals surface area contributed by atoms with Crippen molar-refractivity contribution in [2.24, 2.45) is 22.7 Å². The van der Waals surface area contributed by atoms with Crippen LogP contribution < -0.4 is 0 Å². The molecule has 28 heavy (non-hydrogen) atoms. The molecule has 2 rings (SSSR count). The van der Waals surface area contributed by atoms with Crippen LogP contribution in [0.3, 0.4) is 0 Å². The Morgan fingerprint density at radius 3 is 1.14 bits per heavy atom. The first-order chi connectivity index (χ1) is 11.4. The van der Waals surface area contributed by atoms with Gasteiger partial charge in [0, 0.05) is 0 Å². The molecule has 2 atom stereocenters. The zero-order chi connectivity index (χ0) is 20.5. The fourth-order valence-electron chi connectivity index (χ4n) is 6.32. The predicted octanol–water partition coefficient (Wildman–Crippen LogP) is 7.96. The maximum absolute atomic E-state index is 3.27. The molecule has 0 nitrogen and oxygen atoms in total. The van der Waals surface area contributed by atoms with Gasteiger partial charge in [0.25, 0.3) is 0 Å². The molecule has 0 radical (unpaired) electrons. The standard InChI is InChI=1S/2C11H17.2CH3.2ClH.GeH2.Hf/c2*1-8-6-9(2)10(7-8)11(3,4)5;;;;;;/h2*7-8H,1-5H3;2*1H3;2*1H;1H2;. The minimum atomic E-state index is -3.27. The number of hydrogen-bond donors (Lipinski definition) is 0. The Kier molecular flexibility index (Phi) is 8.76. The van der Waals surface area contributed by atoms with Gasteiger partial charge in [-0.2, -0.15) is 0 Å². The van der Waals surface area contributed by atoms with E-state index >= 15 is 0 Å². The summed E-state index contributed by atoms with van der Waals surface area (Å²) in [5.74, 6) is 1.24. The van der Waals surface area contributed by atoms with Crippen molar-refractivity contribution in [1.82, 2.24) is 0 Å². The van der Waals surface area contributed by atoms with Gasteiger partial charge in [0.2, 0.25) is 0 Å². The summed E-state index contributed by atoms with van der Waals surface area (Å²) in [6, 6.07) is 0. The van der Waals surface area contributed by atoms with Crippen molar-refractivity contribution in [2.45, 2.75) is 78.6 Å². The summed E-state index contributed by atoms with van der Waals surface area (Å²) in [6.07, 6.45) is 5.19. The van der Waals surface area contributed by atoms with Crippen molar-refractivity contribution >= 4 is 37.0 Å². The summed E-state index contributed by atoms with van der Waals surface area (Å²) < 4.78 is 9.27. The molecular formula is C24H44Cl2GeHf. The number of rotatable bonds is 2. The molecule has 0 aromatic carbocycles. The molecule has 4 heteroatoms. The fourth-order valence-corrected chi connectivity index (χ4v) is 48.2. The molecular weight excluding hydrogens is 610 g/mol. The molecule has 0 aliphatic heterocycles. The molecule has 0 N–H and O–H groups in total. The summed E-state index contributed by atoms with van der Waals surface area (Å²) in [7, 11) is 0. The first-order valence-corrected chi connectivity index (χ1v) is 35.8. The van der Waals surface area contributed by atoms with Crippen molar-refractivity contribution in [2.75, 3.05) is 0 Å². The molecule has 0 heterocycles. The van der Waals surface area contributed by atoms with Gasteiger partial charge in [-0.25, -0.2) is 0 Å². The number of halogens is 2. The van der Waals surface area contributed by atoms with E-state index < -0.39 is 15.4 Å². The largest absolute Gasteiger partial charge is 0.147 e. The van der Waals surface area contributed by atoms with E-state index in [9.17, 15) is 0 Å². The average Bonchev–Trinajstić information content (AvgIpc) is 2.85. The molecule has 2 aliphatic rings. The zero-order valence-corrected chi connectivity index (χ0v) is 28.5. The monoisotopic (exact) mass is 656 g/mol. The summed E-state index contributed by atoms with van der Waals surface area (Å²) in [5, 5.41) is 0. The van der Waals surface area contributed by atoms with Crippen LogP contribution in [0.15, 0.2) is 41.1 Å². The first kappa shape index (κ1) is 29.0. The molecule has 0 amide bonds. The van der Waals surface area contributed by atoms with E-state index in [0.717, 1.165) is 0 Å². The van der Waals surface area contributed by atoms with Crippen molar-refractivity contribution in [1.29, 1.82) is 0 Å². The molecule has 2 aliphatic carbocycles. The molecule has 0 aromatic heterocycles. The van der Waals surface area contributed by atoms with E-state index in [0.29, 0.717) is 11.8 Å². The molecule has 0 bridgehead atoms. The van der Waals surface area contributed by atoms with Gasteiger partial charge in [0.05, 0.1) is 0 Å². The normalized spacial score (nSPS) is 24.0. The molecule has 162 valence electrons. The second-order valence-corrected chi connectivity index (χ2v) is 71.6. The Hall–Kier alpha value is 0.953. The Morgan fingerprint density at radius 1 is 0.714 bits per heavy atom. The molecule has 0 saturated carbocycles. The summed E-state index contributed by atoms with van der Waals surface area (Å²) in [5.41, 5.74) is 7.00. The van der Waals surface area contributed by atoms with Gasteiger partial charge in [0.1, 0.15) is 0 Å². The second kappa shape index (κ2) is 8.47. The average molecular weight is 655 g/mol. The molecule has 0 fully saturated rings. The molecule has 0 saturated heterocycles. The van der Waals surface area contributed by atoms with Crippen LogP contribution in [0, 0.1) is 22.7 Å². The van der Waals surface area contributed by atoms with Crippen LogP contribution >= 0.6 is 24.8 Å². The van der Waals surface area contributed by atoms with Crippen molar-refractivity contribution in [3.05, 3.63) is 41.1 Å². The van der Waals surface area contributed by atoms with Crippen LogP contribution in [0.4, 0.5) is 0 Å². The minimum absolute atomic E-state index is 0. The van der Waals surface area contributed by atoms with E-state index in [-0.39, 0.29) is 35.6 Å². The summed E-state index contributed by atoms with van der Waals surface area (Å²) in [4.78, 5) is 0. The van der Waals surface area contributed by atoms with Crippen LogP contribution in [0.1, 0.15) is 69.2 Å². The Bertz CT molecular complexity index is 769. The Labute approximate surface area is 193 Å². The molecule has 0 aromatic rings. The van der Waals surface area contributed by atoms with E-state index in [1.54, 1.807) is 22.3 Å². The first-order valence-electron chi connectivity index (χ1n) is 10.3. The van der Waals surface area contributed by atoms with Crippen LogP contribution in [-0.4, -0.2) is 12.2 Å². The van der Waals surface area contributed by atoms with Crippen molar-refractivity contribution in [3.63, 3.8) is 0 Å². The number of allylic oxidation sites excluding steroid dienone is 8. The quantitative estimate of drug-likeness (QED) is 0.265. The van der Waals surface area contributed by atoms with E-state index in [2.05, 4.69) is 90.7 Å². The van der Waals surface area contributed by atoms with Crippen LogP contribution in [0.5, 0.6) is 0 Å². The topological polar surface area (TPSA) is 0 Å². The van der Waals surface area contributed by atoms with Gasteiger partial charge in [0.15, 0.2) is 0 Å². The van der Waals surface area contributed by atoms with E-state index in [1.165, 1.54) is 12.2 Å². The van der Waals surface area contributed by atoms with E-state index in [4.69, 9.17) is 0 Å². The Balaban J connectivity index is 0.00000364. The Morgan fingerprint density at radius 2 is 0.964 bits per heavy atom. The van der Waals surface area contributed by atoms with Crippen LogP contribution in [-0.2, 0) is 15.4 Å². The number of hydrogen-bond acceptors (Lipinski definition) is 0.